The second-order valence-electron chi connectivity index (χ2n) is 5.06. The predicted octanol–water partition coefficient (Wildman–Crippen LogP) is 4.84. The van der Waals surface area contributed by atoms with Crippen LogP contribution in [-0.2, 0) is 11.3 Å². The Labute approximate surface area is 139 Å². The van der Waals surface area contributed by atoms with Crippen LogP contribution >= 0.6 is 11.3 Å². The average molecular weight is 323 g/mol. The summed E-state index contributed by atoms with van der Waals surface area (Å²) in [6.07, 6.45) is 3.50. The van der Waals surface area contributed by atoms with Gasteiger partial charge in [0.25, 0.3) is 0 Å². The number of carbonyl (C=O) groups is 1. The molecule has 0 saturated carbocycles. The van der Waals surface area contributed by atoms with E-state index in [0.717, 1.165) is 11.1 Å². The number of thiophene rings is 1. The van der Waals surface area contributed by atoms with E-state index in [2.05, 4.69) is 35.0 Å². The molecule has 0 aliphatic heterocycles. The number of hydrogen-bond donors (Lipinski definition) is 1. The van der Waals surface area contributed by atoms with E-state index in [0.29, 0.717) is 6.54 Å². The van der Waals surface area contributed by atoms with Gasteiger partial charge in [0.2, 0.25) is 0 Å². The molecule has 3 rings (SSSR count). The summed E-state index contributed by atoms with van der Waals surface area (Å²) in [6.45, 7) is 0.724. The highest BCUT2D eigenvalue weighted by molar-refractivity contribution is 7.17. The lowest BCUT2D eigenvalue weighted by molar-refractivity contribution is 0.141. The van der Waals surface area contributed by atoms with Crippen molar-refractivity contribution < 1.29 is 9.53 Å². The highest BCUT2D eigenvalue weighted by Crippen LogP contribution is 2.22. The highest BCUT2D eigenvalue weighted by atomic mass is 32.1. The number of ether oxygens (including phenoxy) is 1. The molecular formula is C19H17NO2S. The van der Waals surface area contributed by atoms with Gasteiger partial charge < -0.3 is 10.1 Å². The summed E-state index contributed by atoms with van der Waals surface area (Å²) in [5.41, 5.74) is 2.10. The lowest BCUT2D eigenvalue weighted by Crippen LogP contribution is -2.24. The molecule has 2 aromatic carbocycles. The second kappa shape index (κ2) is 7.61. The summed E-state index contributed by atoms with van der Waals surface area (Å²) >= 11 is 1.73. The van der Waals surface area contributed by atoms with Gasteiger partial charge in [0, 0.05) is 11.2 Å². The molecule has 0 atom stereocenters. The normalized spacial score (nSPS) is 11.0. The number of fused-ring (bicyclic) bond motifs is 1. The van der Waals surface area contributed by atoms with Crippen LogP contribution in [0.3, 0.4) is 0 Å². The van der Waals surface area contributed by atoms with Crippen LogP contribution in [0.4, 0.5) is 4.79 Å². The molecule has 0 aliphatic rings. The number of rotatable bonds is 5. The quantitative estimate of drug-likeness (QED) is 0.729. The summed E-state index contributed by atoms with van der Waals surface area (Å²) in [4.78, 5) is 11.6. The maximum Gasteiger partial charge on any atom is 0.407 e. The van der Waals surface area contributed by atoms with Crippen molar-refractivity contribution >= 4 is 33.6 Å². The van der Waals surface area contributed by atoms with Crippen molar-refractivity contribution in [3.05, 3.63) is 77.2 Å². The Bertz CT molecular complexity index is 808. The third-order valence-electron chi connectivity index (χ3n) is 3.37. The van der Waals surface area contributed by atoms with Crippen LogP contribution < -0.4 is 5.32 Å². The molecule has 1 heterocycles. The first-order valence-corrected chi connectivity index (χ1v) is 8.27. The van der Waals surface area contributed by atoms with Crippen LogP contribution in [0, 0.1) is 0 Å². The van der Waals surface area contributed by atoms with Gasteiger partial charge in [-0.05, 0) is 34.0 Å². The van der Waals surface area contributed by atoms with Gasteiger partial charge in [-0.15, -0.1) is 11.3 Å². The molecule has 4 heteroatoms. The monoisotopic (exact) mass is 323 g/mol. The number of amides is 1. The minimum Gasteiger partial charge on any atom is -0.445 e. The molecule has 3 nitrogen and oxygen atoms in total. The van der Waals surface area contributed by atoms with Crippen molar-refractivity contribution in [2.45, 2.75) is 6.61 Å². The molecule has 0 unspecified atom stereocenters. The lowest BCUT2D eigenvalue weighted by Gasteiger charge is -2.05. The van der Waals surface area contributed by atoms with E-state index in [9.17, 15) is 4.79 Å². The molecule has 23 heavy (non-hydrogen) atoms. The Hall–Kier alpha value is -2.59. The van der Waals surface area contributed by atoms with Gasteiger partial charge in [-0.1, -0.05) is 54.6 Å². The zero-order valence-electron chi connectivity index (χ0n) is 12.6. The van der Waals surface area contributed by atoms with Gasteiger partial charge in [-0.25, -0.2) is 4.79 Å². The molecule has 0 radical (unpaired) electrons. The number of alkyl carbamates (subject to hydrolysis) is 1. The summed E-state index contributed by atoms with van der Waals surface area (Å²) in [5.74, 6) is 0. The Morgan fingerprint density at radius 3 is 2.87 bits per heavy atom. The number of carbonyl (C=O) groups excluding carboxylic acids is 1. The second-order valence-corrected chi connectivity index (χ2v) is 6.01. The molecule has 0 fully saturated rings. The number of benzene rings is 2. The molecule has 0 aliphatic carbocycles. The van der Waals surface area contributed by atoms with Crippen LogP contribution in [0.15, 0.2) is 66.1 Å². The first-order valence-electron chi connectivity index (χ1n) is 7.39. The fraction of sp³-hybridized carbons (Fsp3) is 0.105. The van der Waals surface area contributed by atoms with Crippen molar-refractivity contribution in [2.24, 2.45) is 0 Å². The fourth-order valence-corrected chi connectivity index (χ4v) is 3.02. The molecule has 1 aromatic heterocycles. The predicted molar refractivity (Wildman–Crippen MR) is 95.5 cm³/mol. The molecule has 0 saturated heterocycles. The maximum absolute atomic E-state index is 11.6. The largest absolute Gasteiger partial charge is 0.445 e. The number of nitrogens with one attached hydrogen (secondary N) is 1. The van der Waals surface area contributed by atoms with Crippen molar-refractivity contribution in [1.82, 2.24) is 5.32 Å². The molecule has 1 amide bonds. The molecule has 3 aromatic rings. The Balaban J connectivity index is 1.44. The molecule has 0 spiro atoms. The summed E-state index contributed by atoms with van der Waals surface area (Å²) in [7, 11) is 0. The van der Waals surface area contributed by atoms with E-state index in [1.807, 2.05) is 42.5 Å². The minimum absolute atomic E-state index is 0.283. The van der Waals surface area contributed by atoms with Gasteiger partial charge in [-0.3, -0.25) is 0 Å². The van der Waals surface area contributed by atoms with Crippen LogP contribution in [-0.4, -0.2) is 12.6 Å². The van der Waals surface area contributed by atoms with Gasteiger partial charge in [0.05, 0.1) is 0 Å². The summed E-state index contributed by atoms with van der Waals surface area (Å²) in [5, 5.41) is 6.05. The first-order chi connectivity index (χ1) is 11.3. The average Bonchev–Trinajstić information content (AvgIpc) is 3.05. The van der Waals surface area contributed by atoms with E-state index in [1.165, 1.54) is 10.1 Å². The van der Waals surface area contributed by atoms with E-state index >= 15 is 0 Å². The van der Waals surface area contributed by atoms with Crippen molar-refractivity contribution in [3.63, 3.8) is 0 Å². The van der Waals surface area contributed by atoms with Gasteiger partial charge >= 0.3 is 6.09 Å². The number of hydrogen-bond acceptors (Lipinski definition) is 3. The Morgan fingerprint density at radius 2 is 2.00 bits per heavy atom. The third kappa shape index (κ3) is 4.44. The van der Waals surface area contributed by atoms with Gasteiger partial charge in [0.15, 0.2) is 0 Å². The van der Waals surface area contributed by atoms with Crippen molar-refractivity contribution in [2.75, 3.05) is 6.54 Å². The van der Waals surface area contributed by atoms with Gasteiger partial charge in [0.1, 0.15) is 6.61 Å². The molecule has 1 N–H and O–H groups in total. The maximum atomic E-state index is 11.6. The van der Waals surface area contributed by atoms with Crippen LogP contribution in [0.25, 0.3) is 16.2 Å². The third-order valence-corrected chi connectivity index (χ3v) is 4.25. The SMILES string of the molecule is O=C(NCC=Cc1ccc2ccsc2c1)OCc1ccccc1. The lowest BCUT2D eigenvalue weighted by atomic mass is 10.1. The van der Waals surface area contributed by atoms with E-state index in [-0.39, 0.29) is 6.61 Å². The standard InChI is InChI=1S/C19H17NO2S/c21-19(22-14-16-5-2-1-3-6-16)20-11-4-7-15-8-9-17-10-12-23-18(17)13-15/h1-10,12-13H,11,14H2,(H,20,21). The van der Waals surface area contributed by atoms with E-state index < -0.39 is 6.09 Å². The van der Waals surface area contributed by atoms with Crippen LogP contribution in [0.2, 0.25) is 0 Å². The topological polar surface area (TPSA) is 38.3 Å². The van der Waals surface area contributed by atoms with Crippen LogP contribution in [0.5, 0.6) is 0 Å². The Kier molecular flexibility index (Phi) is 5.06. The Morgan fingerprint density at radius 1 is 1.13 bits per heavy atom. The molecule has 0 bridgehead atoms. The minimum atomic E-state index is -0.410. The van der Waals surface area contributed by atoms with Crippen molar-refractivity contribution in [3.8, 4) is 0 Å². The van der Waals surface area contributed by atoms with Crippen LogP contribution in [0.1, 0.15) is 11.1 Å². The zero-order valence-corrected chi connectivity index (χ0v) is 13.4. The van der Waals surface area contributed by atoms with Gasteiger partial charge in [-0.2, -0.15) is 0 Å². The van der Waals surface area contributed by atoms with E-state index in [4.69, 9.17) is 4.74 Å². The summed E-state index contributed by atoms with van der Waals surface area (Å²) < 4.78 is 6.41. The first kappa shape index (κ1) is 15.3. The highest BCUT2D eigenvalue weighted by Gasteiger charge is 2.00. The molecule has 116 valence electrons. The fourth-order valence-electron chi connectivity index (χ4n) is 2.19. The summed E-state index contributed by atoms with van der Waals surface area (Å²) in [6, 6.07) is 18.0. The van der Waals surface area contributed by atoms with E-state index in [1.54, 1.807) is 11.3 Å². The molecular weight excluding hydrogens is 306 g/mol. The zero-order chi connectivity index (χ0) is 15.9. The van der Waals surface area contributed by atoms with Crippen molar-refractivity contribution in [1.29, 1.82) is 0 Å². The smallest absolute Gasteiger partial charge is 0.407 e.